The van der Waals surface area contributed by atoms with Gasteiger partial charge in [-0.1, -0.05) is 30.3 Å². The van der Waals surface area contributed by atoms with Crippen LogP contribution in [-0.4, -0.2) is 82.9 Å². The minimum Gasteiger partial charge on any atom is -0.397 e. The molecular weight excluding hydrogens is 752 g/mol. The molecule has 6 rings (SSSR count). The van der Waals surface area contributed by atoms with Gasteiger partial charge in [-0.3, -0.25) is 0 Å². The number of nitrogens with two attached hydrogens (primary N) is 1. The van der Waals surface area contributed by atoms with E-state index < -0.39 is 12.1 Å². The van der Waals surface area contributed by atoms with Crippen molar-refractivity contribution in [2.45, 2.75) is 57.2 Å². The third-order valence-corrected chi connectivity index (χ3v) is 10.6. The summed E-state index contributed by atoms with van der Waals surface area (Å²) >= 11 is 7.16. The van der Waals surface area contributed by atoms with Gasteiger partial charge in [0.1, 0.15) is 5.82 Å². The van der Waals surface area contributed by atoms with Gasteiger partial charge in [0.15, 0.2) is 0 Å². The molecule has 49 heavy (non-hydrogen) atoms. The minimum atomic E-state index is -0.536. The van der Waals surface area contributed by atoms with E-state index in [1.54, 1.807) is 5.06 Å². The number of urea groups is 1. The van der Waals surface area contributed by atoms with Crippen molar-refractivity contribution in [2.24, 2.45) is 0 Å². The number of amides is 3. The Morgan fingerprint density at radius 2 is 1.78 bits per heavy atom. The molecule has 1 saturated heterocycles. The summed E-state index contributed by atoms with van der Waals surface area (Å²) in [6.45, 7) is 3.48. The largest absolute Gasteiger partial charge is 0.426 e. The number of hydrogen-bond donors (Lipinski definition) is 3. The molecule has 2 aliphatic rings. The van der Waals surface area contributed by atoms with Gasteiger partial charge in [0.05, 0.1) is 22.8 Å². The van der Waals surface area contributed by atoms with E-state index in [9.17, 15) is 9.59 Å². The van der Waals surface area contributed by atoms with Crippen LogP contribution in [0.3, 0.4) is 0 Å². The summed E-state index contributed by atoms with van der Waals surface area (Å²) in [5, 5.41) is 7.93. The minimum absolute atomic E-state index is 0.0692. The molecule has 0 aliphatic carbocycles. The number of carbonyl (C=O) groups is 2. The van der Waals surface area contributed by atoms with Crippen LogP contribution in [-0.2, 0) is 24.2 Å². The number of halogens is 2. The number of nitrogens with one attached hydrogen (secondary N) is 2. The van der Waals surface area contributed by atoms with Gasteiger partial charge in [-0.05, 0) is 126 Å². The Hall–Kier alpha value is -3.65. The number of aromatic nitrogens is 2. The molecule has 0 radical (unpaired) electrons. The quantitative estimate of drug-likeness (QED) is 0.111. The van der Waals surface area contributed by atoms with Gasteiger partial charge >= 0.3 is 12.1 Å². The zero-order chi connectivity index (χ0) is 34.5. The Morgan fingerprint density at radius 1 is 1.06 bits per heavy atom. The lowest BCUT2D eigenvalue weighted by Crippen LogP contribution is -2.49. The molecule has 260 valence electrons. The van der Waals surface area contributed by atoms with Gasteiger partial charge in [0.25, 0.3) is 0 Å². The number of benzene rings is 3. The van der Waals surface area contributed by atoms with Crippen LogP contribution in [0.5, 0.6) is 0 Å². The maximum absolute atomic E-state index is 13.6. The second-order valence-corrected chi connectivity index (χ2v) is 14.8. The molecule has 0 unspecified atom stereocenters. The number of hydroxylamine groups is 2. The van der Waals surface area contributed by atoms with Crippen LogP contribution < -0.4 is 16.4 Å². The number of rotatable bonds is 11. The molecule has 1 fully saturated rings. The topological polar surface area (TPSA) is 121 Å². The van der Waals surface area contributed by atoms with Gasteiger partial charge < -0.3 is 35.6 Å². The van der Waals surface area contributed by atoms with Crippen LogP contribution in [0.2, 0.25) is 0 Å². The highest BCUT2D eigenvalue weighted by atomic mass is 79.9. The Morgan fingerprint density at radius 3 is 2.53 bits per heavy atom. The predicted octanol–water partition coefficient (Wildman–Crippen LogP) is 6.96. The van der Waals surface area contributed by atoms with Gasteiger partial charge in [-0.15, -0.1) is 5.06 Å². The first-order valence-electron chi connectivity index (χ1n) is 16.9. The third kappa shape index (κ3) is 8.57. The highest BCUT2D eigenvalue weighted by Gasteiger charge is 2.32. The number of aryl methyl sites for hydroxylation is 1. The molecular formula is C36H44Br2N8O3. The van der Waals surface area contributed by atoms with Crippen molar-refractivity contribution in [3.8, 4) is 0 Å². The lowest BCUT2D eigenvalue weighted by atomic mass is 10.0. The molecule has 4 N–H and O–H groups in total. The molecule has 1 aromatic heterocycles. The summed E-state index contributed by atoms with van der Waals surface area (Å²) in [5.74, 6) is 0.777. The Kier molecular flexibility index (Phi) is 11.4. The molecule has 2 aliphatic heterocycles. The van der Waals surface area contributed by atoms with E-state index in [0.29, 0.717) is 44.6 Å². The average Bonchev–Trinajstić information content (AvgIpc) is 3.35. The highest BCUT2D eigenvalue weighted by Crippen LogP contribution is 2.32. The fraction of sp³-hybridized carbons (Fsp3) is 0.417. The summed E-state index contributed by atoms with van der Waals surface area (Å²) in [4.78, 5) is 41.8. The van der Waals surface area contributed by atoms with E-state index in [-0.39, 0.29) is 12.1 Å². The second kappa shape index (κ2) is 15.9. The SMILES string of the molecule is CN(C)CCCCn1c([C@@H](Cc2cc(Br)c(N)c(Br)c2)NC(=O)ON2CCC(N3CCc4ccccc4NC3=O)CC2)nc2ccccc21. The summed E-state index contributed by atoms with van der Waals surface area (Å²) in [6, 6.07) is 19.5. The number of fused-ring (bicyclic) bond motifs is 2. The van der Waals surface area contributed by atoms with Gasteiger partial charge in [0, 0.05) is 53.3 Å². The monoisotopic (exact) mass is 794 g/mol. The number of carbonyl (C=O) groups excluding carboxylic acids is 2. The number of imidazole rings is 1. The zero-order valence-corrected chi connectivity index (χ0v) is 31.2. The standard InChI is InChI=1S/C36H44Br2N8O3/c1-43(2)16-7-8-17-46-32-12-6-5-11-30(32)40-34(46)31(23-24-21-27(37)33(39)28(38)22-24)42-36(48)49-44-18-14-26(15-19-44)45-20-13-25-9-3-4-10-29(25)41-35(45)47/h3-6,9-12,21-22,26,31H,7-8,13-20,23,39H2,1-2H3,(H,41,47)(H,42,48)/t31-/m1/s1. The summed E-state index contributed by atoms with van der Waals surface area (Å²) in [6.07, 6.45) is 4.16. The molecule has 3 aromatic carbocycles. The number of unbranched alkanes of at least 4 members (excludes halogenated alkanes) is 1. The molecule has 13 heteroatoms. The second-order valence-electron chi connectivity index (χ2n) is 13.1. The first-order chi connectivity index (χ1) is 23.7. The van der Waals surface area contributed by atoms with Crippen LogP contribution in [0.1, 0.15) is 48.7 Å². The summed E-state index contributed by atoms with van der Waals surface area (Å²) in [5.41, 5.74) is 11.7. The van der Waals surface area contributed by atoms with Crippen LogP contribution in [0.25, 0.3) is 11.0 Å². The molecule has 3 heterocycles. The van der Waals surface area contributed by atoms with Gasteiger partial charge in [-0.25, -0.2) is 14.6 Å². The fourth-order valence-electron chi connectivity index (χ4n) is 6.76. The van der Waals surface area contributed by atoms with Crippen molar-refractivity contribution < 1.29 is 14.4 Å². The van der Waals surface area contributed by atoms with E-state index >= 15 is 0 Å². The highest BCUT2D eigenvalue weighted by molar-refractivity contribution is 9.11. The molecule has 0 saturated carbocycles. The maximum Gasteiger partial charge on any atom is 0.426 e. The number of nitrogens with zero attached hydrogens (tertiary/aromatic N) is 5. The molecule has 4 aromatic rings. The lowest BCUT2D eigenvalue weighted by molar-refractivity contribution is -0.120. The Labute approximate surface area is 304 Å². The number of anilines is 2. The normalized spacial score (nSPS) is 16.3. The number of para-hydroxylation sites is 3. The smallest absolute Gasteiger partial charge is 0.397 e. The number of hydrogen-bond acceptors (Lipinski definition) is 7. The first kappa shape index (κ1) is 35.2. The molecule has 0 spiro atoms. The van der Waals surface area contributed by atoms with Crippen molar-refractivity contribution in [1.82, 2.24) is 29.7 Å². The van der Waals surface area contributed by atoms with Gasteiger partial charge in [-0.2, -0.15) is 0 Å². The Balaban J connectivity index is 1.16. The van der Waals surface area contributed by atoms with Gasteiger partial charge in [0.2, 0.25) is 0 Å². The Bertz CT molecular complexity index is 1770. The summed E-state index contributed by atoms with van der Waals surface area (Å²) < 4.78 is 3.79. The van der Waals surface area contributed by atoms with Crippen molar-refractivity contribution in [2.75, 3.05) is 51.3 Å². The lowest BCUT2D eigenvalue weighted by Gasteiger charge is -2.37. The zero-order valence-electron chi connectivity index (χ0n) is 28.0. The van der Waals surface area contributed by atoms with Crippen LogP contribution >= 0.6 is 31.9 Å². The number of nitrogen functional groups attached to an aromatic ring is 1. The maximum atomic E-state index is 13.6. The van der Waals surface area contributed by atoms with Crippen molar-refractivity contribution in [1.29, 1.82) is 0 Å². The average molecular weight is 797 g/mol. The van der Waals surface area contributed by atoms with Crippen molar-refractivity contribution in [3.63, 3.8) is 0 Å². The van der Waals surface area contributed by atoms with Crippen LogP contribution in [0, 0.1) is 0 Å². The van der Waals surface area contributed by atoms with Crippen LogP contribution in [0.4, 0.5) is 21.0 Å². The predicted molar refractivity (Wildman–Crippen MR) is 200 cm³/mol. The third-order valence-electron chi connectivity index (χ3n) is 9.32. The van der Waals surface area contributed by atoms with E-state index in [1.807, 2.05) is 53.4 Å². The van der Waals surface area contributed by atoms with E-state index in [0.717, 1.165) is 75.0 Å². The van der Waals surface area contributed by atoms with Crippen molar-refractivity contribution in [3.05, 3.63) is 86.6 Å². The summed E-state index contributed by atoms with van der Waals surface area (Å²) in [7, 11) is 4.17. The van der Waals surface area contributed by atoms with Crippen LogP contribution in [0.15, 0.2) is 69.6 Å². The van der Waals surface area contributed by atoms with E-state index in [1.165, 1.54) is 0 Å². The van der Waals surface area contributed by atoms with Crippen molar-refractivity contribution >= 4 is 66.4 Å². The fourth-order valence-corrected chi connectivity index (χ4v) is 8.04. The van der Waals surface area contributed by atoms with E-state index in [4.69, 9.17) is 15.6 Å². The molecule has 3 amide bonds. The first-order valence-corrected chi connectivity index (χ1v) is 18.5. The molecule has 0 bridgehead atoms. The molecule has 1 atom stereocenters. The number of piperidine rings is 1. The van der Waals surface area contributed by atoms with E-state index in [2.05, 4.69) is 78.2 Å². The molecule has 11 nitrogen and oxygen atoms in total.